The molecule has 1 rings (SSSR count). The molecule has 5 nitrogen and oxygen atoms in total. The van der Waals surface area contributed by atoms with Crippen molar-refractivity contribution in [1.82, 2.24) is 10.4 Å². The van der Waals surface area contributed by atoms with Gasteiger partial charge in [0.1, 0.15) is 0 Å². The largest absolute Gasteiger partial charge is 0.464 e. The summed E-state index contributed by atoms with van der Waals surface area (Å²) in [7, 11) is 0. The van der Waals surface area contributed by atoms with Crippen LogP contribution in [-0.4, -0.2) is 34.0 Å². The van der Waals surface area contributed by atoms with E-state index in [9.17, 15) is 9.90 Å². The third kappa shape index (κ3) is 4.01. The van der Waals surface area contributed by atoms with Gasteiger partial charge in [0, 0.05) is 6.54 Å². The van der Waals surface area contributed by atoms with E-state index >= 15 is 0 Å². The number of aryl methyl sites for hydroxylation is 1. The van der Waals surface area contributed by atoms with Gasteiger partial charge < -0.3 is 10.2 Å². The molecule has 1 unspecified atom stereocenters. The van der Waals surface area contributed by atoms with E-state index in [1.807, 2.05) is 32.0 Å². The van der Waals surface area contributed by atoms with E-state index in [2.05, 4.69) is 5.43 Å². The molecule has 3 N–H and O–H groups in total. The lowest BCUT2D eigenvalue weighted by molar-refractivity contribution is 0.0780. The molecule has 0 aliphatic heterocycles. The molecule has 5 heteroatoms. The molecule has 18 heavy (non-hydrogen) atoms. The zero-order valence-electron chi connectivity index (χ0n) is 11.0. The van der Waals surface area contributed by atoms with Crippen LogP contribution in [0.4, 0.5) is 4.79 Å². The predicted octanol–water partition coefficient (Wildman–Crippen LogP) is 1.67. The standard InChI is InChI=1S/C13H20N2O3/c1-9-5-4-6-12(11(9)3)7-14-15(13(17)18)8-10(2)16/h4-6,10,14,16H,7-8H2,1-3H3,(H,17,18). The van der Waals surface area contributed by atoms with Crippen molar-refractivity contribution in [3.05, 3.63) is 34.9 Å². The van der Waals surface area contributed by atoms with Crippen LogP contribution in [0, 0.1) is 13.8 Å². The zero-order chi connectivity index (χ0) is 13.7. The molecule has 0 fully saturated rings. The van der Waals surface area contributed by atoms with Crippen LogP contribution in [0.5, 0.6) is 0 Å². The first-order valence-electron chi connectivity index (χ1n) is 5.89. The fourth-order valence-electron chi connectivity index (χ4n) is 1.66. The molecule has 0 radical (unpaired) electrons. The summed E-state index contributed by atoms with van der Waals surface area (Å²) in [6.45, 7) is 6.04. The fraction of sp³-hybridized carbons (Fsp3) is 0.462. The van der Waals surface area contributed by atoms with Gasteiger partial charge in [0.05, 0.1) is 12.6 Å². The number of nitrogens with zero attached hydrogens (tertiary/aromatic N) is 1. The van der Waals surface area contributed by atoms with E-state index in [1.165, 1.54) is 5.56 Å². The second-order valence-electron chi connectivity index (χ2n) is 4.44. The van der Waals surface area contributed by atoms with Gasteiger partial charge in [-0.2, -0.15) is 0 Å². The molecule has 0 spiro atoms. The molecular formula is C13H20N2O3. The van der Waals surface area contributed by atoms with Crippen molar-refractivity contribution in [3.8, 4) is 0 Å². The molecule has 0 bridgehead atoms. The Morgan fingerprint density at radius 1 is 1.44 bits per heavy atom. The van der Waals surface area contributed by atoms with Gasteiger partial charge in [0.25, 0.3) is 0 Å². The number of nitrogens with one attached hydrogen (secondary N) is 1. The van der Waals surface area contributed by atoms with E-state index in [0.29, 0.717) is 6.54 Å². The van der Waals surface area contributed by atoms with Crippen molar-refractivity contribution in [2.75, 3.05) is 6.54 Å². The lowest BCUT2D eigenvalue weighted by Gasteiger charge is -2.22. The Labute approximate surface area is 107 Å². The highest BCUT2D eigenvalue weighted by Crippen LogP contribution is 2.12. The van der Waals surface area contributed by atoms with Crippen molar-refractivity contribution < 1.29 is 15.0 Å². The summed E-state index contributed by atoms with van der Waals surface area (Å²) in [5.41, 5.74) is 6.18. The van der Waals surface area contributed by atoms with E-state index in [0.717, 1.165) is 16.1 Å². The normalized spacial score (nSPS) is 12.2. The van der Waals surface area contributed by atoms with Crippen LogP contribution < -0.4 is 5.43 Å². The van der Waals surface area contributed by atoms with E-state index in [-0.39, 0.29) is 6.54 Å². The second kappa shape index (κ2) is 6.37. The topological polar surface area (TPSA) is 72.8 Å². The summed E-state index contributed by atoms with van der Waals surface area (Å²) >= 11 is 0. The Morgan fingerprint density at radius 3 is 2.67 bits per heavy atom. The number of benzene rings is 1. The number of aliphatic hydroxyl groups excluding tert-OH is 1. The predicted molar refractivity (Wildman–Crippen MR) is 69.2 cm³/mol. The van der Waals surface area contributed by atoms with E-state index in [4.69, 9.17) is 5.11 Å². The molecule has 0 aliphatic carbocycles. The van der Waals surface area contributed by atoms with E-state index < -0.39 is 12.2 Å². The Hall–Kier alpha value is -1.59. The van der Waals surface area contributed by atoms with Gasteiger partial charge in [-0.1, -0.05) is 18.2 Å². The molecule has 0 aromatic heterocycles. The molecule has 0 saturated heterocycles. The first kappa shape index (κ1) is 14.5. The van der Waals surface area contributed by atoms with Gasteiger partial charge in [-0.05, 0) is 37.5 Å². The zero-order valence-corrected chi connectivity index (χ0v) is 11.0. The number of carboxylic acid groups (broad SMARTS) is 1. The first-order valence-corrected chi connectivity index (χ1v) is 5.89. The van der Waals surface area contributed by atoms with Crippen LogP contribution in [0.2, 0.25) is 0 Å². The maximum Gasteiger partial charge on any atom is 0.421 e. The molecule has 1 aromatic rings. The molecule has 1 atom stereocenters. The minimum Gasteiger partial charge on any atom is -0.464 e. The first-order chi connectivity index (χ1) is 8.41. The molecule has 1 aromatic carbocycles. The van der Waals surface area contributed by atoms with Crippen molar-refractivity contribution in [3.63, 3.8) is 0 Å². The number of amides is 1. The Kier molecular flexibility index (Phi) is 5.12. The Balaban J connectivity index is 2.67. The number of hydrogen-bond acceptors (Lipinski definition) is 3. The maximum atomic E-state index is 11.0. The van der Waals surface area contributed by atoms with Crippen molar-refractivity contribution >= 4 is 6.09 Å². The number of aliphatic hydroxyl groups is 1. The smallest absolute Gasteiger partial charge is 0.421 e. The molecule has 1 amide bonds. The van der Waals surface area contributed by atoms with Gasteiger partial charge in [0.15, 0.2) is 0 Å². The molecule has 0 saturated carbocycles. The maximum absolute atomic E-state index is 11.0. The minimum atomic E-state index is -1.10. The summed E-state index contributed by atoms with van der Waals surface area (Å²) in [6.07, 6.45) is -1.80. The van der Waals surface area contributed by atoms with Crippen LogP contribution in [0.1, 0.15) is 23.6 Å². The Bertz CT molecular complexity index is 419. The number of hydrogen-bond donors (Lipinski definition) is 3. The quantitative estimate of drug-likeness (QED) is 0.697. The van der Waals surface area contributed by atoms with Gasteiger partial charge >= 0.3 is 6.09 Å². The van der Waals surface area contributed by atoms with Crippen LogP contribution in [-0.2, 0) is 6.54 Å². The van der Waals surface area contributed by atoms with Crippen molar-refractivity contribution in [1.29, 1.82) is 0 Å². The fourth-order valence-corrected chi connectivity index (χ4v) is 1.66. The highest BCUT2D eigenvalue weighted by molar-refractivity contribution is 5.64. The van der Waals surface area contributed by atoms with Crippen molar-refractivity contribution in [2.24, 2.45) is 0 Å². The molecular weight excluding hydrogens is 232 g/mol. The number of carbonyl (C=O) groups is 1. The van der Waals surface area contributed by atoms with Crippen LogP contribution >= 0.6 is 0 Å². The van der Waals surface area contributed by atoms with Crippen LogP contribution in [0.3, 0.4) is 0 Å². The Morgan fingerprint density at radius 2 is 2.11 bits per heavy atom. The number of rotatable bonds is 5. The van der Waals surface area contributed by atoms with Gasteiger partial charge in [-0.3, -0.25) is 0 Å². The van der Waals surface area contributed by atoms with Gasteiger partial charge in [-0.15, -0.1) is 0 Å². The van der Waals surface area contributed by atoms with E-state index in [1.54, 1.807) is 6.92 Å². The lowest BCUT2D eigenvalue weighted by atomic mass is 10.0. The average molecular weight is 252 g/mol. The summed E-state index contributed by atoms with van der Waals surface area (Å²) < 4.78 is 0. The highest BCUT2D eigenvalue weighted by Gasteiger charge is 2.14. The summed E-state index contributed by atoms with van der Waals surface area (Å²) in [5.74, 6) is 0. The van der Waals surface area contributed by atoms with Gasteiger partial charge in [0.2, 0.25) is 0 Å². The summed E-state index contributed by atoms with van der Waals surface area (Å²) in [4.78, 5) is 11.0. The number of hydrazine groups is 1. The van der Waals surface area contributed by atoms with Gasteiger partial charge in [-0.25, -0.2) is 15.2 Å². The summed E-state index contributed by atoms with van der Waals surface area (Å²) in [5, 5.41) is 19.2. The lowest BCUT2D eigenvalue weighted by Crippen LogP contribution is -2.45. The SMILES string of the molecule is Cc1cccc(CNN(CC(C)O)C(=O)O)c1C. The highest BCUT2D eigenvalue weighted by atomic mass is 16.4. The average Bonchev–Trinajstić information content (AvgIpc) is 2.28. The van der Waals surface area contributed by atoms with Crippen LogP contribution in [0.25, 0.3) is 0 Å². The summed E-state index contributed by atoms with van der Waals surface area (Å²) in [6, 6.07) is 5.92. The monoisotopic (exact) mass is 252 g/mol. The molecule has 100 valence electrons. The van der Waals surface area contributed by atoms with Crippen molar-refractivity contribution in [2.45, 2.75) is 33.4 Å². The van der Waals surface area contributed by atoms with Crippen LogP contribution in [0.15, 0.2) is 18.2 Å². The minimum absolute atomic E-state index is 0.0419. The third-order valence-corrected chi connectivity index (χ3v) is 2.85. The molecule has 0 heterocycles. The third-order valence-electron chi connectivity index (χ3n) is 2.85. The second-order valence-corrected chi connectivity index (χ2v) is 4.44. The molecule has 0 aliphatic rings.